The lowest BCUT2D eigenvalue weighted by atomic mass is 9.96. The van der Waals surface area contributed by atoms with Gasteiger partial charge in [-0.1, -0.05) is 42.5 Å². The average Bonchev–Trinajstić information content (AvgIpc) is 2.90. The van der Waals surface area contributed by atoms with Crippen LogP contribution in [0.1, 0.15) is 12.5 Å². The number of nitrogens with zero attached hydrogens (tertiary/aromatic N) is 2. The normalized spacial score (nSPS) is 15.0. The summed E-state index contributed by atoms with van der Waals surface area (Å²) in [5, 5.41) is 10.9. The molecule has 5 heteroatoms. The van der Waals surface area contributed by atoms with Gasteiger partial charge in [0.05, 0.1) is 17.4 Å². The first-order valence-corrected chi connectivity index (χ1v) is 6.53. The number of hydrogen-bond acceptors (Lipinski definition) is 2. The summed E-state index contributed by atoms with van der Waals surface area (Å²) in [6.45, 7) is 0.703. The van der Waals surface area contributed by atoms with Crippen molar-refractivity contribution in [3.63, 3.8) is 0 Å². The Morgan fingerprint density at radius 1 is 1.00 bits per heavy atom. The zero-order chi connectivity index (χ0) is 15.1. The standard InChI is InChI=1S/C16H14F2N2O/c1-15(17,18)16(21,12-7-3-2-4-8-12)20-11-19-13-9-5-6-10-14(13)20/h2-11,21H,1H3/t16-/m0/s1. The summed E-state index contributed by atoms with van der Waals surface area (Å²) in [5.74, 6) is -3.39. The van der Waals surface area contributed by atoms with Gasteiger partial charge in [-0.15, -0.1) is 0 Å². The quantitative estimate of drug-likeness (QED) is 0.802. The van der Waals surface area contributed by atoms with Crippen LogP contribution in [0.5, 0.6) is 0 Å². The number of alkyl halides is 2. The molecular formula is C16H14F2N2O. The van der Waals surface area contributed by atoms with Gasteiger partial charge in [-0.25, -0.2) is 13.8 Å². The number of hydrogen-bond donors (Lipinski definition) is 1. The SMILES string of the molecule is CC(F)(F)[C@@](O)(c1ccccc1)n1cnc2ccccc21. The van der Waals surface area contributed by atoms with Gasteiger partial charge < -0.3 is 5.11 Å². The van der Waals surface area contributed by atoms with Gasteiger partial charge in [0.2, 0.25) is 5.72 Å². The fourth-order valence-electron chi connectivity index (χ4n) is 2.49. The lowest BCUT2D eigenvalue weighted by Crippen LogP contribution is -2.49. The maximum absolute atomic E-state index is 14.2. The van der Waals surface area contributed by atoms with Crippen LogP contribution in [0, 0.1) is 0 Å². The van der Waals surface area contributed by atoms with Crippen molar-refractivity contribution in [2.75, 3.05) is 0 Å². The Kier molecular flexibility index (Phi) is 3.02. The van der Waals surface area contributed by atoms with Crippen LogP contribution in [0.3, 0.4) is 0 Å². The van der Waals surface area contributed by atoms with Gasteiger partial charge in [-0.3, -0.25) is 4.57 Å². The van der Waals surface area contributed by atoms with Crippen LogP contribution in [-0.4, -0.2) is 20.6 Å². The highest BCUT2D eigenvalue weighted by atomic mass is 19.3. The van der Waals surface area contributed by atoms with E-state index in [1.165, 1.54) is 18.5 Å². The Bertz CT molecular complexity index is 765. The van der Waals surface area contributed by atoms with Crippen LogP contribution in [0.4, 0.5) is 8.78 Å². The summed E-state index contributed by atoms with van der Waals surface area (Å²) in [6.07, 6.45) is 1.25. The molecule has 0 unspecified atom stereocenters. The minimum absolute atomic E-state index is 0.112. The third kappa shape index (κ3) is 2.01. The summed E-state index contributed by atoms with van der Waals surface area (Å²) in [5.41, 5.74) is -1.38. The van der Waals surface area contributed by atoms with Crippen LogP contribution in [0.2, 0.25) is 0 Å². The highest BCUT2D eigenvalue weighted by Gasteiger charge is 2.52. The molecule has 1 aromatic heterocycles. The van der Waals surface area contributed by atoms with Gasteiger partial charge in [0, 0.05) is 12.5 Å². The molecule has 3 aromatic rings. The number of imidazole rings is 1. The molecule has 1 atom stereocenters. The minimum Gasteiger partial charge on any atom is -0.362 e. The molecule has 108 valence electrons. The van der Waals surface area contributed by atoms with Crippen LogP contribution in [0.25, 0.3) is 11.0 Å². The van der Waals surface area contributed by atoms with E-state index >= 15 is 0 Å². The molecule has 0 aliphatic rings. The van der Waals surface area contributed by atoms with Crippen molar-refractivity contribution in [3.8, 4) is 0 Å². The van der Waals surface area contributed by atoms with Crippen LogP contribution in [0.15, 0.2) is 60.9 Å². The number of benzene rings is 2. The second kappa shape index (κ2) is 4.63. The highest BCUT2D eigenvalue weighted by Crippen LogP contribution is 2.40. The van der Waals surface area contributed by atoms with Crippen molar-refractivity contribution in [3.05, 3.63) is 66.5 Å². The molecular weight excluding hydrogens is 274 g/mol. The largest absolute Gasteiger partial charge is 0.362 e. The summed E-state index contributed by atoms with van der Waals surface area (Å²) in [6, 6.07) is 14.8. The Labute approximate surface area is 120 Å². The van der Waals surface area contributed by atoms with Crippen LogP contribution >= 0.6 is 0 Å². The molecule has 3 nitrogen and oxygen atoms in total. The van der Waals surface area contributed by atoms with Gasteiger partial charge in [0.1, 0.15) is 0 Å². The fourth-order valence-corrected chi connectivity index (χ4v) is 2.49. The topological polar surface area (TPSA) is 38.0 Å². The van der Waals surface area contributed by atoms with E-state index in [1.807, 2.05) is 0 Å². The molecule has 0 radical (unpaired) electrons. The van der Waals surface area contributed by atoms with Crippen LogP contribution < -0.4 is 0 Å². The van der Waals surface area contributed by atoms with Crippen molar-refractivity contribution in [2.45, 2.75) is 18.6 Å². The van der Waals surface area contributed by atoms with E-state index in [4.69, 9.17) is 0 Å². The molecule has 0 aliphatic heterocycles. The monoisotopic (exact) mass is 288 g/mol. The summed E-state index contributed by atoms with van der Waals surface area (Å²) in [4.78, 5) is 4.09. The summed E-state index contributed by atoms with van der Waals surface area (Å²) in [7, 11) is 0. The van der Waals surface area contributed by atoms with E-state index < -0.39 is 11.6 Å². The van der Waals surface area contributed by atoms with Crippen molar-refractivity contribution < 1.29 is 13.9 Å². The second-order valence-corrected chi connectivity index (χ2v) is 5.03. The zero-order valence-corrected chi connectivity index (χ0v) is 11.4. The molecule has 3 rings (SSSR count). The first-order chi connectivity index (χ1) is 9.94. The van der Waals surface area contributed by atoms with Crippen molar-refractivity contribution in [2.24, 2.45) is 0 Å². The molecule has 0 saturated heterocycles. The zero-order valence-electron chi connectivity index (χ0n) is 11.4. The lowest BCUT2D eigenvalue weighted by Gasteiger charge is -2.35. The molecule has 1 heterocycles. The molecule has 0 aliphatic carbocycles. The molecule has 0 bridgehead atoms. The fraction of sp³-hybridized carbons (Fsp3) is 0.188. The maximum Gasteiger partial charge on any atom is 0.296 e. The first-order valence-electron chi connectivity index (χ1n) is 6.53. The Morgan fingerprint density at radius 3 is 2.29 bits per heavy atom. The number of aliphatic hydroxyl groups is 1. The number of fused-ring (bicyclic) bond motifs is 1. The third-order valence-corrected chi connectivity index (χ3v) is 3.59. The van der Waals surface area contributed by atoms with Crippen molar-refractivity contribution >= 4 is 11.0 Å². The number of aromatic nitrogens is 2. The van der Waals surface area contributed by atoms with E-state index in [9.17, 15) is 13.9 Å². The van der Waals surface area contributed by atoms with Crippen molar-refractivity contribution in [1.82, 2.24) is 9.55 Å². The lowest BCUT2D eigenvalue weighted by molar-refractivity contribution is -0.190. The Balaban J connectivity index is 2.31. The van der Waals surface area contributed by atoms with E-state index in [2.05, 4.69) is 4.98 Å². The molecule has 2 aromatic carbocycles. The molecule has 0 fully saturated rings. The molecule has 0 spiro atoms. The van der Waals surface area contributed by atoms with E-state index in [1.54, 1.807) is 42.5 Å². The van der Waals surface area contributed by atoms with Gasteiger partial charge in [-0.2, -0.15) is 0 Å². The highest BCUT2D eigenvalue weighted by molar-refractivity contribution is 5.75. The van der Waals surface area contributed by atoms with Gasteiger partial charge >= 0.3 is 0 Å². The maximum atomic E-state index is 14.2. The predicted octanol–water partition coefficient (Wildman–Crippen LogP) is 3.38. The van der Waals surface area contributed by atoms with Gasteiger partial charge in [0.25, 0.3) is 5.92 Å². The summed E-state index contributed by atoms with van der Waals surface area (Å²) >= 11 is 0. The summed E-state index contributed by atoms with van der Waals surface area (Å²) < 4.78 is 29.6. The predicted molar refractivity (Wildman–Crippen MR) is 76.1 cm³/mol. The van der Waals surface area contributed by atoms with Gasteiger partial charge in [0.15, 0.2) is 0 Å². The number of para-hydroxylation sites is 2. The first kappa shape index (κ1) is 13.7. The van der Waals surface area contributed by atoms with E-state index in [0.29, 0.717) is 18.0 Å². The smallest absolute Gasteiger partial charge is 0.296 e. The van der Waals surface area contributed by atoms with E-state index in [0.717, 1.165) is 4.57 Å². The van der Waals surface area contributed by atoms with Crippen LogP contribution in [-0.2, 0) is 5.72 Å². The van der Waals surface area contributed by atoms with E-state index in [-0.39, 0.29) is 5.56 Å². The molecule has 21 heavy (non-hydrogen) atoms. The Hall–Kier alpha value is -2.27. The average molecular weight is 288 g/mol. The number of halogens is 2. The van der Waals surface area contributed by atoms with Gasteiger partial charge in [-0.05, 0) is 12.1 Å². The number of rotatable bonds is 3. The van der Waals surface area contributed by atoms with Crippen molar-refractivity contribution in [1.29, 1.82) is 0 Å². The second-order valence-electron chi connectivity index (χ2n) is 5.03. The third-order valence-electron chi connectivity index (χ3n) is 3.59. The Morgan fingerprint density at radius 2 is 1.62 bits per heavy atom. The minimum atomic E-state index is -3.39. The molecule has 1 N–H and O–H groups in total. The molecule has 0 saturated carbocycles. The molecule has 0 amide bonds.